The van der Waals surface area contributed by atoms with Crippen molar-refractivity contribution in [3.05, 3.63) is 29.8 Å². The van der Waals surface area contributed by atoms with Gasteiger partial charge in [0.25, 0.3) is 0 Å². The number of nitrogens with one attached hydrogen (secondary N) is 1. The van der Waals surface area contributed by atoms with Crippen molar-refractivity contribution >= 4 is 17.7 Å². The number of thioether (sulfide) groups is 1. The van der Waals surface area contributed by atoms with Crippen molar-refractivity contribution in [1.82, 2.24) is 5.32 Å². The maximum Gasteiger partial charge on any atom is 0.339 e. The highest BCUT2D eigenvalue weighted by molar-refractivity contribution is 7.99. The number of carboxylic acid groups (broad SMARTS) is 1. The van der Waals surface area contributed by atoms with E-state index in [0.29, 0.717) is 24.2 Å². The average molecular weight is 269 g/mol. The fraction of sp³-hybridized carbons (Fsp3) is 0.462. The van der Waals surface area contributed by atoms with Crippen LogP contribution in [0.3, 0.4) is 0 Å². The zero-order valence-corrected chi connectivity index (χ0v) is 11.5. The predicted octanol–water partition coefficient (Wildman–Crippen LogP) is 2.10. The summed E-state index contributed by atoms with van der Waals surface area (Å²) >= 11 is 1.80. The molecule has 0 aliphatic carbocycles. The molecule has 18 heavy (non-hydrogen) atoms. The monoisotopic (exact) mass is 269 g/mol. The number of para-hydroxylation sites is 1. The van der Waals surface area contributed by atoms with Crippen LogP contribution in [0.25, 0.3) is 0 Å². The van der Waals surface area contributed by atoms with Crippen LogP contribution >= 0.6 is 11.8 Å². The third kappa shape index (κ3) is 4.98. The van der Waals surface area contributed by atoms with Crippen LogP contribution in [0.15, 0.2) is 24.3 Å². The van der Waals surface area contributed by atoms with Gasteiger partial charge in [0.05, 0.1) is 0 Å². The Morgan fingerprint density at radius 1 is 1.50 bits per heavy atom. The van der Waals surface area contributed by atoms with E-state index in [0.717, 1.165) is 6.54 Å². The zero-order chi connectivity index (χ0) is 13.4. The van der Waals surface area contributed by atoms with Gasteiger partial charge in [0.15, 0.2) is 0 Å². The Morgan fingerprint density at radius 2 is 2.22 bits per heavy atom. The lowest BCUT2D eigenvalue weighted by atomic mass is 10.2. The molecule has 0 aromatic heterocycles. The summed E-state index contributed by atoms with van der Waals surface area (Å²) in [4.78, 5) is 10.9. The Hall–Kier alpha value is -1.20. The van der Waals surface area contributed by atoms with Gasteiger partial charge in [-0.15, -0.1) is 0 Å². The van der Waals surface area contributed by atoms with E-state index >= 15 is 0 Å². The van der Waals surface area contributed by atoms with Crippen LogP contribution in [-0.4, -0.2) is 42.3 Å². The van der Waals surface area contributed by atoms with Gasteiger partial charge < -0.3 is 15.2 Å². The average Bonchev–Trinajstić information content (AvgIpc) is 2.38. The minimum absolute atomic E-state index is 0.204. The minimum Gasteiger partial charge on any atom is -0.491 e. The molecular formula is C13H19NO3S. The summed E-state index contributed by atoms with van der Waals surface area (Å²) in [5, 5.41) is 12.8. The van der Waals surface area contributed by atoms with Crippen LogP contribution in [0.2, 0.25) is 0 Å². The summed E-state index contributed by atoms with van der Waals surface area (Å²) in [7, 11) is 0. The summed E-state index contributed by atoms with van der Waals surface area (Å²) in [5.41, 5.74) is 0.204. The van der Waals surface area contributed by atoms with Crippen LogP contribution in [0.1, 0.15) is 17.3 Å². The van der Waals surface area contributed by atoms with Gasteiger partial charge in [-0.25, -0.2) is 4.79 Å². The standard InChI is InChI=1S/C13H19NO3S/c1-10(18-2)9-14-7-8-17-12-6-4-3-5-11(12)13(15)16/h3-6,10,14H,7-9H2,1-2H3,(H,15,16). The molecule has 1 unspecified atom stereocenters. The van der Waals surface area contributed by atoms with E-state index in [2.05, 4.69) is 18.5 Å². The number of ether oxygens (including phenoxy) is 1. The zero-order valence-electron chi connectivity index (χ0n) is 10.7. The second-order valence-electron chi connectivity index (χ2n) is 3.90. The van der Waals surface area contributed by atoms with E-state index in [1.54, 1.807) is 36.0 Å². The number of carbonyl (C=O) groups is 1. The van der Waals surface area contributed by atoms with E-state index in [1.807, 2.05) is 0 Å². The third-order valence-electron chi connectivity index (χ3n) is 2.49. The highest BCUT2D eigenvalue weighted by Crippen LogP contribution is 2.17. The molecule has 1 aromatic rings. The topological polar surface area (TPSA) is 58.6 Å². The first-order valence-electron chi connectivity index (χ1n) is 5.83. The molecule has 100 valence electrons. The van der Waals surface area contributed by atoms with Gasteiger partial charge in [0, 0.05) is 18.3 Å². The SMILES string of the molecule is CSC(C)CNCCOc1ccccc1C(=O)O. The fourth-order valence-corrected chi connectivity index (χ4v) is 1.68. The van der Waals surface area contributed by atoms with Gasteiger partial charge >= 0.3 is 5.97 Å². The highest BCUT2D eigenvalue weighted by Gasteiger charge is 2.09. The van der Waals surface area contributed by atoms with Crippen molar-refractivity contribution in [1.29, 1.82) is 0 Å². The lowest BCUT2D eigenvalue weighted by molar-refractivity contribution is 0.0692. The molecular weight excluding hydrogens is 250 g/mol. The molecule has 0 bridgehead atoms. The predicted molar refractivity (Wildman–Crippen MR) is 74.7 cm³/mol. The Labute approximate surface area is 112 Å². The van der Waals surface area contributed by atoms with Crippen molar-refractivity contribution in [2.45, 2.75) is 12.2 Å². The molecule has 4 nitrogen and oxygen atoms in total. The first-order valence-corrected chi connectivity index (χ1v) is 7.12. The number of rotatable bonds is 8. The maximum atomic E-state index is 10.9. The van der Waals surface area contributed by atoms with E-state index in [9.17, 15) is 4.79 Å². The molecule has 1 aromatic carbocycles. The van der Waals surface area contributed by atoms with Crippen molar-refractivity contribution < 1.29 is 14.6 Å². The normalized spacial score (nSPS) is 12.1. The summed E-state index contributed by atoms with van der Waals surface area (Å²) < 4.78 is 5.46. The van der Waals surface area contributed by atoms with Gasteiger partial charge in [-0.3, -0.25) is 0 Å². The van der Waals surface area contributed by atoms with E-state index in [-0.39, 0.29) is 5.56 Å². The molecule has 0 radical (unpaired) electrons. The lowest BCUT2D eigenvalue weighted by Gasteiger charge is -2.11. The quantitative estimate of drug-likeness (QED) is 0.708. The van der Waals surface area contributed by atoms with Gasteiger partial charge in [-0.2, -0.15) is 11.8 Å². The Bertz CT molecular complexity index is 384. The summed E-state index contributed by atoms with van der Waals surface area (Å²) in [6.45, 7) is 4.24. The van der Waals surface area contributed by atoms with Crippen LogP contribution < -0.4 is 10.1 Å². The van der Waals surface area contributed by atoms with Gasteiger partial charge in [-0.1, -0.05) is 19.1 Å². The van der Waals surface area contributed by atoms with E-state index in [1.165, 1.54) is 0 Å². The fourth-order valence-electron chi connectivity index (χ4n) is 1.39. The number of benzene rings is 1. The molecule has 1 rings (SSSR count). The van der Waals surface area contributed by atoms with Crippen molar-refractivity contribution in [2.24, 2.45) is 0 Å². The first-order chi connectivity index (χ1) is 8.65. The molecule has 0 heterocycles. The minimum atomic E-state index is -0.963. The largest absolute Gasteiger partial charge is 0.491 e. The second kappa shape index (κ2) is 8.00. The summed E-state index contributed by atoms with van der Waals surface area (Å²) in [6, 6.07) is 6.68. The molecule has 0 amide bonds. The smallest absolute Gasteiger partial charge is 0.339 e. The van der Waals surface area contributed by atoms with Gasteiger partial charge in [0.1, 0.15) is 17.9 Å². The molecule has 0 aliphatic rings. The van der Waals surface area contributed by atoms with Crippen LogP contribution in [-0.2, 0) is 0 Å². The Kier molecular flexibility index (Phi) is 6.60. The molecule has 1 atom stereocenters. The number of aromatic carboxylic acids is 1. The van der Waals surface area contributed by atoms with E-state index < -0.39 is 5.97 Å². The second-order valence-corrected chi connectivity index (χ2v) is 5.18. The van der Waals surface area contributed by atoms with Crippen LogP contribution in [0.4, 0.5) is 0 Å². The van der Waals surface area contributed by atoms with Gasteiger partial charge in [0.2, 0.25) is 0 Å². The summed E-state index contributed by atoms with van der Waals surface area (Å²) in [6.07, 6.45) is 2.08. The molecule has 0 saturated carbocycles. The van der Waals surface area contributed by atoms with Crippen molar-refractivity contribution in [3.63, 3.8) is 0 Å². The van der Waals surface area contributed by atoms with E-state index in [4.69, 9.17) is 9.84 Å². The Morgan fingerprint density at radius 3 is 2.89 bits per heavy atom. The van der Waals surface area contributed by atoms with Crippen molar-refractivity contribution in [3.8, 4) is 5.75 Å². The number of hydrogen-bond acceptors (Lipinski definition) is 4. The van der Waals surface area contributed by atoms with Gasteiger partial charge in [-0.05, 0) is 18.4 Å². The highest BCUT2D eigenvalue weighted by atomic mass is 32.2. The number of carboxylic acids is 1. The molecule has 5 heteroatoms. The van der Waals surface area contributed by atoms with Crippen LogP contribution in [0.5, 0.6) is 5.75 Å². The molecule has 0 aliphatic heterocycles. The molecule has 0 fully saturated rings. The maximum absolute atomic E-state index is 10.9. The molecule has 0 spiro atoms. The molecule has 0 saturated heterocycles. The van der Waals surface area contributed by atoms with Crippen molar-refractivity contribution in [2.75, 3.05) is 26.0 Å². The first kappa shape index (κ1) is 14.9. The number of hydrogen-bond donors (Lipinski definition) is 2. The molecule has 2 N–H and O–H groups in total. The third-order valence-corrected chi connectivity index (χ3v) is 3.46. The Balaban J connectivity index is 2.33. The summed E-state index contributed by atoms with van der Waals surface area (Å²) in [5.74, 6) is -0.542. The van der Waals surface area contributed by atoms with Crippen LogP contribution in [0, 0.1) is 0 Å². The lowest BCUT2D eigenvalue weighted by Crippen LogP contribution is -2.27.